The van der Waals surface area contributed by atoms with Crippen LogP contribution in [0.1, 0.15) is 354 Å². The van der Waals surface area contributed by atoms with Crippen LogP contribution < -0.4 is 0 Å². The minimum atomic E-state index is 0.285. The van der Waals surface area contributed by atoms with Crippen molar-refractivity contribution < 1.29 is 28.4 Å². The molecule has 12 rings (SSSR count). The van der Waals surface area contributed by atoms with Crippen LogP contribution in [0.3, 0.4) is 0 Å². The molecular weight excluding hydrogens is 1210 g/mol. The van der Waals surface area contributed by atoms with Gasteiger partial charge in [0.15, 0.2) is 0 Å². The molecule has 0 saturated heterocycles. The van der Waals surface area contributed by atoms with Crippen LogP contribution in [0.2, 0.25) is 0 Å². The predicted octanol–water partition coefficient (Wildman–Crippen LogP) is 20.6. The molecule has 0 bridgehead atoms. The van der Waals surface area contributed by atoms with Crippen LogP contribution >= 0.6 is 0 Å². The van der Waals surface area contributed by atoms with Crippen molar-refractivity contribution >= 4 is 0 Å². The molecule has 0 aliphatic heterocycles. The van der Waals surface area contributed by atoms with E-state index >= 15 is 0 Å². The van der Waals surface area contributed by atoms with Gasteiger partial charge in [0.2, 0.25) is 0 Å². The Bertz CT molecular complexity index is 2100. The summed E-state index contributed by atoms with van der Waals surface area (Å²) in [6.07, 6.45) is 55.5. The van der Waals surface area contributed by atoms with Crippen LogP contribution in [0.25, 0.3) is 0 Å². The van der Waals surface area contributed by atoms with Crippen LogP contribution in [-0.4, -0.2) is 166 Å². The number of hydrogen-bond donors (Lipinski definition) is 0. The van der Waals surface area contributed by atoms with E-state index in [1.807, 2.05) is 0 Å². The maximum atomic E-state index is 8.21. The highest BCUT2D eigenvalue weighted by Crippen LogP contribution is 2.66. The van der Waals surface area contributed by atoms with E-state index in [1.54, 1.807) is 0 Å². The molecule has 0 radical (unpaired) electrons. The monoisotopic (exact) mass is 1370 g/mol. The van der Waals surface area contributed by atoms with Gasteiger partial charge in [0.1, 0.15) is 0 Å². The third-order valence-electron chi connectivity index (χ3n) is 30.0. The van der Waals surface area contributed by atoms with Gasteiger partial charge in [-0.05, 0) is 347 Å². The van der Waals surface area contributed by atoms with Crippen molar-refractivity contribution in [2.45, 2.75) is 487 Å². The topological polar surface area (TPSA) is 68.3 Å². The number of nitrogens with zero attached hydrogens (tertiary/aromatic N) is 4. The van der Waals surface area contributed by atoms with Gasteiger partial charge in [0.25, 0.3) is 0 Å². The summed E-state index contributed by atoms with van der Waals surface area (Å²) < 4.78 is 43.8. The molecule has 12 aliphatic carbocycles. The van der Waals surface area contributed by atoms with Crippen molar-refractivity contribution in [3.05, 3.63) is 0 Å². The standard InChI is InChI=1S/C88H158N4O6/c1-15-17-51-93-83-53-77-79(89(65-27-19-61(11)20-28-65)69-35-43-73(44-36-69)95-57(3)4)56-82(92(68-33-25-64(14)26-34-68)72-41-49-76(50-42-72)98-60(9)10)88-84(94-52-18-16-2)54-78-80(90(66-29-21-62(12)22-30-66)70-37-45-74(46-38-70)96-58(5)6)55-81(87(83)85(78)86(77)88)91(67-31-23-63(13)24-32-67)71-39-47-75(48-40-71)97-59(7)8/h57-88H,15-56H2,1-14H3. The highest BCUT2D eigenvalue weighted by molar-refractivity contribution is 5.20. The van der Waals surface area contributed by atoms with Crippen molar-refractivity contribution in [1.29, 1.82) is 0 Å². The van der Waals surface area contributed by atoms with Crippen LogP contribution in [-0.2, 0) is 28.4 Å². The highest BCUT2D eigenvalue weighted by atomic mass is 16.5. The summed E-state index contributed by atoms with van der Waals surface area (Å²) in [4.78, 5) is 14.0. The van der Waals surface area contributed by atoms with E-state index in [0.717, 1.165) is 36.9 Å². The maximum absolute atomic E-state index is 8.21. The molecule has 0 aromatic rings. The molecule has 566 valence electrons. The van der Waals surface area contributed by atoms with Crippen molar-refractivity contribution in [1.82, 2.24) is 19.6 Å². The van der Waals surface area contributed by atoms with Gasteiger partial charge < -0.3 is 28.4 Å². The van der Waals surface area contributed by atoms with Crippen LogP contribution in [0.15, 0.2) is 0 Å². The smallest absolute Gasteiger partial charge is 0.0624 e. The largest absolute Gasteiger partial charge is 0.378 e. The van der Waals surface area contributed by atoms with Crippen LogP contribution in [0.5, 0.6) is 0 Å². The highest BCUT2D eigenvalue weighted by Gasteiger charge is 2.69. The zero-order valence-electron chi connectivity index (χ0n) is 66.4. The Kier molecular flexibility index (Phi) is 28.7. The Balaban J connectivity index is 1.07. The molecule has 0 aromatic carbocycles. The van der Waals surface area contributed by atoms with Gasteiger partial charge in [-0.3, -0.25) is 19.6 Å². The molecule has 0 heterocycles. The molecule has 10 heteroatoms. The fourth-order valence-corrected chi connectivity index (χ4v) is 25.7. The molecule has 12 unspecified atom stereocenters. The third kappa shape index (κ3) is 18.8. The van der Waals surface area contributed by atoms with Gasteiger partial charge in [-0.2, -0.15) is 0 Å². The number of unbranched alkanes of at least 4 members (excludes halogenated alkanes) is 2. The Morgan fingerprint density at radius 3 is 0.694 bits per heavy atom. The Morgan fingerprint density at radius 2 is 0.480 bits per heavy atom. The predicted molar refractivity (Wildman–Crippen MR) is 406 cm³/mol. The summed E-state index contributed by atoms with van der Waals surface area (Å²) in [5.41, 5.74) is 0. The minimum absolute atomic E-state index is 0.285. The molecule has 0 spiro atoms. The minimum Gasteiger partial charge on any atom is -0.378 e. The first-order chi connectivity index (χ1) is 47.4. The normalized spacial score (nSPS) is 43.8. The van der Waals surface area contributed by atoms with Gasteiger partial charge in [-0.1, -0.05) is 54.4 Å². The second-order valence-electron chi connectivity index (χ2n) is 38.3. The average molecular weight is 1370 g/mol. The summed E-state index contributed by atoms with van der Waals surface area (Å²) in [6.45, 7) is 35.4. The molecule has 0 aromatic heterocycles. The summed E-state index contributed by atoms with van der Waals surface area (Å²) in [6, 6.07) is 7.20. The first-order valence-corrected chi connectivity index (χ1v) is 44.4. The van der Waals surface area contributed by atoms with Gasteiger partial charge >= 0.3 is 0 Å². The maximum Gasteiger partial charge on any atom is 0.0624 e. The summed E-state index contributed by atoms with van der Waals surface area (Å²) in [5, 5.41) is 0. The van der Waals surface area contributed by atoms with E-state index in [-0.39, 0.29) is 36.6 Å². The van der Waals surface area contributed by atoms with E-state index in [0.29, 0.717) is 132 Å². The molecule has 0 N–H and O–H groups in total. The molecule has 12 aliphatic rings. The zero-order valence-corrected chi connectivity index (χ0v) is 66.4. The molecule has 12 saturated carbocycles. The van der Waals surface area contributed by atoms with E-state index < -0.39 is 0 Å². The fraction of sp³-hybridized carbons (Fsp3) is 1.00. The Hall–Kier alpha value is -0.400. The van der Waals surface area contributed by atoms with Gasteiger partial charge in [-0.15, -0.1) is 0 Å². The van der Waals surface area contributed by atoms with E-state index in [9.17, 15) is 0 Å². The lowest BCUT2D eigenvalue weighted by molar-refractivity contribution is -0.253. The molecule has 0 amide bonds. The van der Waals surface area contributed by atoms with Crippen LogP contribution in [0, 0.1) is 59.2 Å². The van der Waals surface area contributed by atoms with Gasteiger partial charge in [0, 0.05) is 97.6 Å². The lowest BCUT2D eigenvalue weighted by Gasteiger charge is -2.71. The van der Waals surface area contributed by atoms with Crippen molar-refractivity contribution in [2.24, 2.45) is 59.2 Å². The Morgan fingerprint density at radius 1 is 0.265 bits per heavy atom. The van der Waals surface area contributed by atoms with Crippen LogP contribution in [0.4, 0.5) is 0 Å². The lowest BCUT2D eigenvalue weighted by atomic mass is 9.43. The first kappa shape index (κ1) is 77.2. The van der Waals surface area contributed by atoms with E-state index in [2.05, 4.69) is 117 Å². The SMILES string of the molecule is CCCCOC1CC2C3C4C(CC(OCCCC)C3C(N(C3CCC(C)CC3)C3CCC(OC(C)C)CC3)CC2N(C2CCC(C)CC2)C2CCC(OC(C)C)CC2)C(N(C2CCC(C)CC2)C2CCC(OC(C)C)CC2)CC(N(C2CCC(C)CC2)C2CCC(OC(C)C)CC2)C14. The summed E-state index contributed by atoms with van der Waals surface area (Å²) in [7, 11) is 0. The van der Waals surface area contributed by atoms with Crippen molar-refractivity contribution in [3.8, 4) is 0 Å². The third-order valence-corrected chi connectivity index (χ3v) is 30.0. The van der Waals surface area contributed by atoms with Gasteiger partial charge in [-0.25, -0.2) is 0 Å². The number of rotatable bonds is 28. The average Bonchev–Trinajstić information content (AvgIpc) is 0.690. The second-order valence-corrected chi connectivity index (χ2v) is 38.3. The van der Waals surface area contributed by atoms with Gasteiger partial charge in [0.05, 0.1) is 61.0 Å². The molecular formula is C88H158N4O6. The molecule has 12 fully saturated rings. The second kappa shape index (κ2) is 36.5. The number of ether oxygens (including phenoxy) is 6. The van der Waals surface area contributed by atoms with Crippen molar-refractivity contribution in [3.63, 3.8) is 0 Å². The summed E-state index contributed by atoms with van der Waals surface area (Å²) >= 11 is 0. The fourth-order valence-electron chi connectivity index (χ4n) is 25.7. The summed E-state index contributed by atoms with van der Waals surface area (Å²) in [5.74, 6) is 6.76. The van der Waals surface area contributed by atoms with E-state index in [4.69, 9.17) is 28.4 Å². The quantitative estimate of drug-likeness (QED) is 0.0708. The Labute approximate surface area is 604 Å². The van der Waals surface area contributed by atoms with Crippen molar-refractivity contribution in [2.75, 3.05) is 13.2 Å². The first-order valence-electron chi connectivity index (χ1n) is 44.4. The zero-order chi connectivity index (χ0) is 68.7. The molecule has 10 nitrogen and oxygen atoms in total. The molecule has 12 atom stereocenters. The van der Waals surface area contributed by atoms with E-state index in [1.165, 1.54) is 257 Å². The molecule has 98 heavy (non-hydrogen) atoms. The lowest BCUT2D eigenvalue weighted by Crippen LogP contribution is -2.76. The number of hydrogen-bond acceptors (Lipinski definition) is 10.